The molecule has 0 bridgehead atoms. The van der Waals surface area contributed by atoms with Crippen LogP contribution in [0, 0.1) is 32.9 Å². The van der Waals surface area contributed by atoms with Gasteiger partial charge in [-0.2, -0.15) is 14.0 Å². The lowest BCUT2D eigenvalue weighted by Crippen LogP contribution is -2.58. The molecule has 0 aromatic heterocycles. The van der Waals surface area contributed by atoms with Gasteiger partial charge < -0.3 is 4.90 Å². The lowest BCUT2D eigenvalue weighted by Gasteiger charge is -2.34. The van der Waals surface area contributed by atoms with Crippen LogP contribution in [-0.4, -0.2) is 45.0 Å². The zero-order valence-corrected chi connectivity index (χ0v) is 26.8. The molecule has 2 saturated carbocycles. The number of nitrogens with zero attached hydrogens (tertiary/aromatic N) is 2. The lowest BCUT2D eigenvalue weighted by molar-refractivity contribution is -1.92. The molecular formula is C33H56ClN2O4+. The van der Waals surface area contributed by atoms with Crippen molar-refractivity contribution in [1.82, 2.24) is 4.90 Å². The third-order valence-electron chi connectivity index (χ3n) is 10.3. The summed E-state index contributed by atoms with van der Waals surface area (Å²) in [7, 11) is -4.69. The first kappa shape index (κ1) is 33.3. The molecule has 40 heavy (non-hydrogen) atoms. The van der Waals surface area contributed by atoms with Gasteiger partial charge in [0.15, 0.2) is 11.8 Å². The Morgan fingerprint density at radius 2 is 1.45 bits per heavy atom. The smallest absolute Gasteiger partial charge is 0.182 e. The van der Waals surface area contributed by atoms with Crippen LogP contribution in [-0.2, 0) is 0 Å². The number of allylic oxidation sites excluding steroid dienone is 6. The summed E-state index contributed by atoms with van der Waals surface area (Å²) in [6, 6.07) is 1.54. The molecule has 4 rings (SSSR count). The van der Waals surface area contributed by atoms with Gasteiger partial charge in [0, 0.05) is 48.5 Å². The number of rotatable bonds is 9. The van der Waals surface area contributed by atoms with Crippen LogP contribution in [0.25, 0.3) is 0 Å². The molecule has 4 atom stereocenters. The zero-order valence-electron chi connectivity index (χ0n) is 26.0. The van der Waals surface area contributed by atoms with E-state index in [0.717, 1.165) is 23.9 Å². The molecule has 0 aromatic carbocycles. The molecule has 4 unspecified atom stereocenters. The number of fused-ring (bicyclic) bond motifs is 2. The van der Waals surface area contributed by atoms with Gasteiger partial charge in [-0.25, -0.2) is 4.58 Å². The monoisotopic (exact) mass is 579 g/mol. The summed E-state index contributed by atoms with van der Waals surface area (Å²) in [5.41, 5.74) is 3.78. The van der Waals surface area contributed by atoms with Crippen molar-refractivity contribution in [1.29, 1.82) is 0 Å². The third kappa shape index (κ3) is 8.01. The van der Waals surface area contributed by atoms with E-state index in [9.17, 15) is 0 Å². The Kier molecular flexibility index (Phi) is 11.9. The van der Waals surface area contributed by atoms with E-state index in [1.807, 2.05) is 0 Å². The first-order chi connectivity index (χ1) is 18.8. The Labute approximate surface area is 246 Å². The molecule has 0 amide bonds. The van der Waals surface area contributed by atoms with Crippen molar-refractivity contribution in [2.75, 3.05) is 13.1 Å². The van der Waals surface area contributed by atoms with Crippen molar-refractivity contribution in [2.24, 2.45) is 22.7 Å². The average molecular weight is 580 g/mol. The molecule has 2 aliphatic carbocycles. The summed E-state index contributed by atoms with van der Waals surface area (Å²) in [4.78, 5) is 2.81. The Hall–Kier alpha value is -1.18. The lowest BCUT2D eigenvalue weighted by atomic mass is 9.69. The van der Waals surface area contributed by atoms with Gasteiger partial charge >= 0.3 is 0 Å². The van der Waals surface area contributed by atoms with Crippen LogP contribution in [0.15, 0.2) is 36.1 Å². The van der Waals surface area contributed by atoms with E-state index in [2.05, 4.69) is 81.4 Å². The second-order valence-electron chi connectivity index (χ2n) is 13.5. The minimum absolute atomic E-state index is 0.293. The summed E-state index contributed by atoms with van der Waals surface area (Å²) < 4.78 is 35.5. The van der Waals surface area contributed by atoms with Crippen molar-refractivity contribution < 1.29 is 33.5 Å². The molecule has 1 saturated heterocycles. The standard InChI is InChI=1S/C33H55N2.ClHO4/c1-7-9-24-34-28-20-16-14-18-26(28)32(3,4)30(34)22-12-11-13-23-31-33(5,6)27-19-15-17-21-29(27)35(31)25-10-8-2;2-1(3,4)5/h11-13,22-23,26-29H,7-10,14-21,24-25H2,1-6H3;(H,2,3,4,5)/q+1;. The topological polar surface area (TPSA) is 95.7 Å². The highest BCUT2D eigenvalue weighted by molar-refractivity contribution is 5.96. The first-order valence-corrected chi connectivity index (χ1v) is 17.2. The summed E-state index contributed by atoms with van der Waals surface area (Å²) in [6.45, 7) is 17.2. The number of halogens is 1. The van der Waals surface area contributed by atoms with Gasteiger partial charge in [0.05, 0.1) is 20.3 Å². The van der Waals surface area contributed by atoms with E-state index < -0.39 is 10.2 Å². The number of unbranched alkanes of at least 4 members (excludes halogenated alkanes) is 2. The fraction of sp³-hybridized carbons (Fsp3) is 0.788. The first-order valence-electron chi connectivity index (χ1n) is 15.9. The fourth-order valence-electron chi connectivity index (χ4n) is 8.34. The van der Waals surface area contributed by atoms with Crippen LogP contribution in [0.3, 0.4) is 0 Å². The van der Waals surface area contributed by atoms with Crippen LogP contribution < -0.4 is 14.0 Å². The molecule has 2 heterocycles. The second kappa shape index (κ2) is 14.3. The van der Waals surface area contributed by atoms with Crippen molar-refractivity contribution in [3.05, 3.63) is 36.1 Å². The van der Waals surface area contributed by atoms with Gasteiger partial charge in [-0.1, -0.05) is 78.0 Å². The van der Waals surface area contributed by atoms with E-state index in [0.29, 0.717) is 10.8 Å². The molecule has 4 aliphatic rings. The van der Waals surface area contributed by atoms with Crippen LogP contribution in [0.1, 0.15) is 119 Å². The molecule has 228 valence electrons. The fourth-order valence-corrected chi connectivity index (χ4v) is 8.34. The van der Waals surface area contributed by atoms with E-state index in [-0.39, 0.29) is 0 Å². The van der Waals surface area contributed by atoms with Crippen molar-refractivity contribution in [3.63, 3.8) is 0 Å². The quantitative estimate of drug-likeness (QED) is 0.322. The average Bonchev–Trinajstić information content (AvgIpc) is 3.24. The van der Waals surface area contributed by atoms with Gasteiger partial charge in [0.1, 0.15) is 6.54 Å². The van der Waals surface area contributed by atoms with Gasteiger partial charge in [-0.15, -0.1) is 0 Å². The van der Waals surface area contributed by atoms with Crippen LogP contribution in [0.5, 0.6) is 0 Å². The molecule has 3 fully saturated rings. The molecule has 0 aromatic rings. The van der Waals surface area contributed by atoms with E-state index in [4.69, 9.17) is 18.6 Å². The number of likely N-dealkylation sites (tertiary alicyclic amines) is 1. The molecule has 1 N–H and O–H groups in total. The van der Waals surface area contributed by atoms with Crippen LogP contribution in [0.2, 0.25) is 0 Å². The van der Waals surface area contributed by atoms with Gasteiger partial charge in [0.2, 0.25) is 0 Å². The summed E-state index contributed by atoms with van der Waals surface area (Å²) in [5, 5.41) is 0. The van der Waals surface area contributed by atoms with Gasteiger partial charge in [-0.05, 0) is 57.9 Å². The van der Waals surface area contributed by atoms with Crippen molar-refractivity contribution in [2.45, 2.75) is 131 Å². The Bertz CT molecular complexity index is 941. The van der Waals surface area contributed by atoms with Crippen molar-refractivity contribution in [3.8, 4) is 0 Å². The predicted molar refractivity (Wildman–Crippen MR) is 154 cm³/mol. The van der Waals surface area contributed by atoms with Gasteiger partial charge in [0.25, 0.3) is 0 Å². The van der Waals surface area contributed by atoms with Crippen LogP contribution >= 0.6 is 0 Å². The summed E-state index contributed by atoms with van der Waals surface area (Å²) in [5.74, 6) is 1.65. The Morgan fingerprint density at radius 1 is 0.850 bits per heavy atom. The highest BCUT2D eigenvalue weighted by Crippen LogP contribution is 2.53. The van der Waals surface area contributed by atoms with E-state index in [1.165, 1.54) is 90.1 Å². The normalized spacial score (nSPS) is 30.6. The predicted octanol–water partition coefficient (Wildman–Crippen LogP) is 4.41. The van der Waals surface area contributed by atoms with E-state index in [1.54, 1.807) is 11.4 Å². The largest absolute Gasteiger partial charge is 0.371 e. The Balaban J connectivity index is 0.000000810. The van der Waals surface area contributed by atoms with Gasteiger partial charge in [-0.3, -0.25) is 0 Å². The highest BCUT2D eigenvalue weighted by atomic mass is 35.7. The maximum Gasteiger partial charge on any atom is 0.182 e. The zero-order chi connectivity index (χ0) is 29.6. The minimum atomic E-state index is -4.69. The SMILES string of the molecule is CCCCN1/C(=C/C=C/C=C/C2=[N+](CCCC)C3CCCCC3C2(C)C)C(C)(C)C2CCCCC21.[O-][Cl+3]([O-])([O-])O. The third-order valence-corrected chi connectivity index (χ3v) is 10.3. The molecule has 2 aliphatic heterocycles. The summed E-state index contributed by atoms with van der Waals surface area (Å²) >= 11 is 0. The maximum atomic E-state index is 8.60. The van der Waals surface area contributed by atoms with Crippen molar-refractivity contribution >= 4 is 5.71 Å². The summed E-state index contributed by atoms with van der Waals surface area (Å²) in [6.07, 6.45) is 28.4. The molecule has 0 spiro atoms. The minimum Gasteiger partial charge on any atom is -0.371 e. The Morgan fingerprint density at radius 3 is 2.10 bits per heavy atom. The van der Waals surface area contributed by atoms with Crippen LogP contribution in [0.4, 0.5) is 0 Å². The number of hydrogen-bond donors (Lipinski definition) is 1. The molecule has 7 heteroatoms. The molecule has 0 radical (unpaired) electrons. The second-order valence-corrected chi connectivity index (χ2v) is 14.3. The molecule has 6 nitrogen and oxygen atoms in total. The highest BCUT2D eigenvalue weighted by Gasteiger charge is 2.54. The van der Waals surface area contributed by atoms with E-state index >= 15 is 0 Å². The number of hydrogen-bond acceptors (Lipinski definition) is 5. The maximum absolute atomic E-state index is 8.60. The molecular weight excluding hydrogens is 524 g/mol.